The highest BCUT2D eigenvalue weighted by molar-refractivity contribution is 6.70. The minimum atomic E-state index is -1.95. The van der Waals surface area contributed by atoms with Gasteiger partial charge >= 0.3 is 5.97 Å². The minimum absolute atomic E-state index is 0.0865. The van der Waals surface area contributed by atoms with Gasteiger partial charge in [0.25, 0.3) is 0 Å². The van der Waals surface area contributed by atoms with Crippen LogP contribution in [0.4, 0.5) is 0 Å². The van der Waals surface area contributed by atoms with Crippen molar-refractivity contribution >= 4 is 30.9 Å². The van der Waals surface area contributed by atoms with Gasteiger partial charge in [-0.25, -0.2) is 0 Å². The summed E-state index contributed by atoms with van der Waals surface area (Å²) >= 11 is 0. The fourth-order valence-corrected chi connectivity index (χ4v) is 15.0. The van der Waals surface area contributed by atoms with Crippen LogP contribution >= 0.6 is 0 Å². The SMILES string of the molecule is CC(=O)OC(C)(C)[C@@H](C)CC[C@@H](C)[C@H]1CC[C@H]2[C@@H]3CC(O[Si](C)(C)C)C4(O)CC(O[Si](C)(C)C)CC[C@]4(C)[C@H]3CC(O[Si](C)(C)C)[C@]12C. The third-order valence-electron chi connectivity index (χ3n) is 13.8. The molecule has 0 heterocycles. The number of carbonyl (C=O) groups excluding carboxylic acids is 1. The third-order valence-corrected chi connectivity index (χ3v) is 16.8. The number of fused-ring (bicyclic) bond motifs is 5. The van der Waals surface area contributed by atoms with Gasteiger partial charge in [0.15, 0.2) is 25.0 Å². The molecule has 0 saturated heterocycles. The lowest BCUT2D eigenvalue weighted by Gasteiger charge is -2.68. The fourth-order valence-electron chi connectivity index (χ4n) is 11.4. The van der Waals surface area contributed by atoms with Crippen molar-refractivity contribution in [2.75, 3.05) is 0 Å². The van der Waals surface area contributed by atoms with E-state index in [1.54, 1.807) is 0 Å². The molecule has 0 aromatic carbocycles. The summed E-state index contributed by atoms with van der Waals surface area (Å²) in [5, 5.41) is 13.2. The van der Waals surface area contributed by atoms with Crippen LogP contribution < -0.4 is 0 Å². The molecule has 280 valence electrons. The lowest BCUT2D eigenvalue weighted by Crippen LogP contribution is -2.71. The molecule has 0 aliphatic heterocycles. The maximum Gasteiger partial charge on any atom is 0.303 e. The molecule has 0 radical (unpaired) electrons. The van der Waals surface area contributed by atoms with Crippen LogP contribution in [0.5, 0.6) is 0 Å². The van der Waals surface area contributed by atoms with Crippen LogP contribution in [-0.2, 0) is 22.8 Å². The van der Waals surface area contributed by atoms with E-state index in [1.807, 2.05) is 0 Å². The van der Waals surface area contributed by atoms with Gasteiger partial charge in [-0.15, -0.1) is 0 Å². The highest BCUT2D eigenvalue weighted by atomic mass is 28.4. The number of carbonyl (C=O) groups is 1. The van der Waals surface area contributed by atoms with Gasteiger partial charge in [-0.2, -0.15) is 0 Å². The fraction of sp³-hybridized carbons (Fsp3) is 0.974. The second-order valence-corrected chi connectivity index (χ2v) is 34.3. The first-order valence-electron chi connectivity index (χ1n) is 19.6. The van der Waals surface area contributed by atoms with Crippen molar-refractivity contribution in [1.82, 2.24) is 0 Å². The number of esters is 1. The first-order chi connectivity index (χ1) is 21.6. The quantitative estimate of drug-likeness (QED) is 0.160. The molecule has 0 amide bonds. The van der Waals surface area contributed by atoms with E-state index in [2.05, 4.69) is 100 Å². The van der Waals surface area contributed by atoms with E-state index < -0.39 is 36.2 Å². The first-order valence-corrected chi connectivity index (χ1v) is 29.8. The highest BCUT2D eigenvalue weighted by Gasteiger charge is 2.70. The van der Waals surface area contributed by atoms with E-state index in [-0.39, 0.29) is 41.0 Å². The Balaban J connectivity index is 1.69. The van der Waals surface area contributed by atoms with Crippen LogP contribution in [0.3, 0.4) is 0 Å². The Hall–Kier alpha value is -0.0394. The van der Waals surface area contributed by atoms with Crippen LogP contribution in [0, 0.1) is 46.3 Å². The van der Waals surface area contributed by atoms with E-state index in [0.29, 0.717) is 36.0 Å². The van der Waals surface area contributed by atoms with E-state index in [4.69, 9.17) is 18.0 Å². The molecule has 4 unspecified atom stereocenters. The maximum atomic E-state index is 13.2. The summed E-state index contributed by atoms with van der Waals surface area (Å²) in [6.45, 7) is 36.2. The van der Waals surface area contributed by atoms with Gasteiger partial charge in [-0.1, -0.05) is 34.1 Å². The van der Waals surface area contributed by atoms with Crippen LogP contribution in [0.2, 0.25) is 58.9 Å². The lowest BCUT2D eigenvalue weighted by molar-refractivity contribution is -0.269. The van der Waals surface area contributed by atoms with Crippen LogP contribution in [0.1, 0.15) is 106 Å². The molecule has 4 saturated carbocycles. The summed E-state index contributed by atoms with van der Waals surface area (Å²) in [5.41, 5.74) is -1.51. The average molecular weight is 725 g/mol. The molecule has 9 heteroatoms. The predicted molar refractivity (Wildman–Crippen MR) is 206 cm³/mol. The third kappa shape index (κ3) is 8.27. The molecular weight excluding hydrogens is 649 g/mol. The molecule has 0 bridgehead atoms. The summed E-state index contributed by atoms with van der Waals surface area (Å²) < 4.78 is 26.9. The Kier molecular flexibility index (Phi) is 11.7. The van der Waals surface area contributed by atoms with E-state index in [1.165, 1.54) is 19.8 Å². The topological polar surface area (TPSA) is 74.2 Å². The Morgan fingerprint density at radius 2 is 1.38 bits per heavy atom. The lowest BCUT2D eigenvalue weighted by atomic mass is 9.41. The molecule has 4 rings (SSSR count). The molecule has 4 aliphatic rings. The Labute approximate surface area is 299 Å². The van der Waals surface area contributed by atoms with Crippen LogP contribution in [0.25, 0.3) is 0 Å². The summed E-state index contributed by atoms with van der Waals surface area (Å²) in [5.74, 6) is 2.72. The van der Waals surface area contributed by atoms with Gasteiger partial charge in [-0.3, -0.25) is 4.79 Å². The number of aliphatic hydroxyl groups is 1. The Morgan fingerprint density at radius 1 is 0.812 bits per heavy atom. The average Bonchev–Trinajstić information content (AvgIpc) is 3.25. The van der Waals surface area contributed by atoms with Gasteiger partial charge in [0.05, 0.1) is 17.8 Å². The van der Waals surface area contributed by atoms with Gasteiger partial charge in [-0.05, 0) is 159 Å². The van der Waals surface area contributed by atoms with Crippen LogP contribution in [-0.4, -0.2) is 65.5 Å². The van der Waals surface area contributed by atoms with Crippen molar-refractivity contribution in [3.05, 3.63) is 0 Å². The second kappa shape index (κ2) is 13.7. The van der Waals surface area contributed by atoms with Crippen molar-refractivity contribution in [3.63, 3.8) is 0 Å². The normalized spacial score (nSPS) is 40.4. The molecule has 0 aromatic heterocycles. The highest BCUT2D eigenvalue weighted by Crippen LogP contribution is 2.70. The second-order valence-electron chi connectivity index (χ2n) is 20.9. The molecule has 6 nitrogen and oxygen atoms in total. The van der Waals surface area contributed by atoms with Gasteiger partial charge < -0.3 is 23.1 Å². The zero-order valence-corrected chi connectivity index (χ0v) is 37.0. The summed E-state index contributed by atoms with van der Waals surface area (Å²) in [7, 11) is -5.57. The van der Waals surface area contributed by atoms with Crippen molar-refractivity contribution in [3.8, 4) is 0 Å². The number of ether oxygens (including phenoxy) is 1. The van der Waals surface area contributed by atoms with Crippen molar-refractivity contribution < 1.29 is 27.9 Å². The van der Waals surface area contributed by atoms with Crippen molar-refractivity contribution in [2.45, 2.75) is 195 Å². The Bertz CT molecular complexity index is 1140. The van der Waals surface area contributed by atoms with Crippen molar-refractivity contribution in [1.29, 1.82) is 0 Å². The van der Waals surface area contributed by atoms with E-state index >= 15 is 0 Å². The van der Waals surface area contributed by atoms with E-state index in [0.717, 1.165) is 38.5 Å². The first kappa shape index (κ1) is 40.7. The van der Waals surface area contributed by atoms with Gasteiger partial charge in [0.1, 0.15) is 5.60 Å². The number of rotatable bonds is 12. The standard InChI is InChI=1S/C39H76O6Si3/c1-26(17-18-27(2)36(4,5)42-28(3)40)31-19-20-32-30-23-35(45-48(14,15)16)39(41)25-29(43-46(8,9)10)21-22-37(39,6)33(30)24-34(38(31,32)7)44-47(11,12)13/h26-27,29-35,41H,17-25H2,1-16H3/t26-,27+,29?,30+,31-,32+,33+,34?,35?,37-,38-,39?/m1/s1. The monoisotopic (exact) mass is 724 g/mol. The molecule has 48 heavy (non-hydrogen) atoms. The maximum absolute atomic E-state index is 13.2. The predicted octanol–water partition coefficient (Wildman–Crippen LogP) is 10.0. The van der Waals surface area contributed by atoms with Gasteiger partial charge in [0, 0.05) is 24.9 Å². The molecule has 4 fully saturated rings. The number of hydrogen-bond acceptors (Lipinski definition) is 6. The molecule has 1 N–H and O–H groups in total. The summed E-state index contributed by atoms with van der Waals surface area (Å²) in [6.07, 6.45) is 9.50. The van der Waals surface area contributed by atoms with Gasteiger partial charge in [0.2, 0.25) is 0 Å². The zero-order valence-electron chi connectivity index (χ0n) is 34.0. The number of hydrogen-bond donors (Lipinski definition) is 1. The van der Waals surface area contributed by atoms with Crippen LogP contribution in [0.15, 0.2) is 0 Å². The van der Waals surface area contributed by atoms with E-state index in [9.17, 15) is 9.90 Å². The smallest absolute Gasteiger partial charge is 0.303 e. The summed E-state index contributed by atoms with van der Waals surface area (Å²) in [6, 6.07) is 0. The van der Waals surface area contributed by atoms with Crippen molar-refractivity contribution in [2.24, 2.45) is 46.3 Å². The Morgan fingerprint density at radius 3 is 1.92 bits per heavy atom. The molecule has 4 aliphatic carbocycles. The summed E-state index contributed by atoms with van der Waals surface area (Å²) in [4.78, 5) is 11.8. The minimum Gasteiger partial charge on any atom is -0.460 e. The molecule has 12 atom stereocenters. The molecule has 0 aromatic rings. The molecular formula is C39H76O6Si3. The zero-order chi connectivity index (χ0) is 36.5. The largest absolute Gasteiger partial charge is 0.460 e. The molecule has 0 spiro atoms.